The first-order valence-electron chi connectivity index (χ1n) is 5.86. The van der Waals surface area contributed by atoms with Crippen LogP contribution in [-0.2, 0) is 13.1 Å². The van der Waals surface area contributed by atoms with E-state index in [9.17, 15) is 0 Å². The normalized spacial score (nSPS) is 11.3. The molecule has 3 rings (SSSR count). The Bertz CT molecular complexity index is 785. The maximum absolute atomic E-state index is 5.92. The van der Waals surface area contributed by atoms with Crippen molar-refractivity contribution in [2.45, 2.75) is 20.0 Å². The fourth-order valence-electron chi connectivity index (χ4n) is 2.02. The highest BCUT2D eigenvalue weighted by Gasteiger charge is 2.06. The van der Waals surface area contributed by atoms with Gasteiger partial charge in [0, 0.05) is 18.9 Å². The highest BCUT2D eigenvalue weighted by molar-refractivity contribution is 7.71. The molecule has 19 heavy (non-hydrogen) atoms. The molecule has 0 aliphatic rings. The van der Waals surface area contributed by atoms with Crippen molar-refractivity contribution >= 4 is 35.0 Å². The molecular weight excluding hydrogens is 282 g/mol. The highest BCUT2D eigenvalue weighted by atomic mass is 35.5. The summed E-state index contributed by atoms with van der Waals surface area (Å²) in [6.45, 7) is 3.48. The SMILES string of the molecule is Cc1cnn(CCn2c(=S)[nH]c3cc(Cl)cnc32)c1. The molecular formula is C12H12ClN5S. The third kappa shape index (κ3) is 2.41. The Balaban J connectivity index is 1.92. The fraction of sp³-hybridized carbons (Fsp3) is 0.250. The first-order valence-corrected chi connectivity index (χ1v) is 6.65. The van der Waals surface area contributed by atoms with E-state index in [1.807, 2.05) is 34.6 Å². The summed E-state index contributed by atoms with van der Waals surface area (Å²) in [6.07, 6.45) is 5.47. The molecule has 3 aromatic rings. The molecule has 0 fully saturated rings. The van der Waals surface area contributed by atoms with Crippen molar-refractivity contribution in [1.29, 1.82) is 0 Å². The van der Waals surface area contributed by atoms with Gasteiger partial charge in [0.05, 0.1) is 23.3 Å². The molecule has 3 aromatic heterocycles. The van der Waals surface area contributed by atoms with Gasteiger partial charge in [0.15, 0.2) is 10.4 Å². The summed E-state index contributed by atoms with van der Waals surface area (Å²) in [7, 11) is 0. The summed E-state index contributed by atoms with van der Waals surface area (Å²) in [5, 5.41) is 4.85. The standard InChI is InChI=1S/C12H12ClN5S/c1-8-5-15-17(7-8)2-3-18-11-10(16-12(18)19)4-9(13)6-14-11/h4-7H,2-3H2,1H3,(H,16,19). The topological polar surface area (TPSA) is 51.4 Å². The van der Waals surface area contributed by atoms with Crippen LogP contribution in [0.4, 0.5) is 0 Å². The van der Waals surface area contributed by atoms with Crippen molar-refractivity contribution in [3.05, 3.63) is 40.0 Å². The van der Waals surface area contributed by atoms with E-state index in [-0.39, 0.29) is 0 Å². The summed E-state index contributed by atoms with van der Waals surface area (Å²) in [4.78, 5) is 7.43. The van der Waals surface area contributed by atoms with Crippen molar-refractivity contribution < 1.29 is 0 Å². The van der Waals surface area contributed by atoms with Crippen LogP contribution in [0.3, 0.4) is 0 Å². The third-order valence-corrected chi connectivity index (χ3v) is 3.42. The van der Waals surface area contributed by atoms with E-state index in [1.165, 1.54) is 0 Å². The molecule has 0 unspecified atom stereocenters. The molecule has 98 valence electrons. The quantitative estimate of drug-likeness (QED) is 0.755. The predicted molar refractivity (Wildman–Crippen MR) is 76.9 cm³/mol. The number of nitrogens with zero attached hydrogens (tertiary/aromatic N) is 4. The van der Waals surface area contributed by atoms with E-state index in [4.69, 9.17) is 23.8 Å². The van der Waals surface area contributed by atoms with Gasteiger partial charge in [-0.2, -0.15) is 5.10 Å². The van der Waals surface area contributed by atoms with Crippen molar-refractivity contribution in [2.24, 2.45) is 0 Å². The van der Waals surface area contributed by atoms with Gasteiger partial charge >= 0.3 is 0 Å². The third-order valence-electron chi connectivity index (χ3n) is 2.89. The van der Waals surface area contributed by atoms with Gasteiger partial charge in [0.2, 0.25) is 0 Å². The monoisotopic (exact) mass is 293 g/mol. The van der Waals surface area contributed by atoms with E-state index in [0.717, 1.165) is 23.3 Å². The van der Waals surface area contributed by atoms with Gasteiger partial charge in [-0.1, -0.05) is 11.6 Å². The van der Waals surface area contributed by atoms with Crippen molar-refractivity contribution in [2.75, 3.05) is 0 Å². The maximum atomic E-state index is 5.92. The molecule has 0 spiro atoms. The molecule has 7 heteroatoms. The number of aromatic nitrogens is 5. The van der Waals surface area contributed by atoms with E-state index >= 15 is 0 Å². The average molecular weight is 294 g/mol. The molecule has 0 atom stereocenters. The van der Waals surface area contributed by atoms with E-state index in [2.05, 4.69) is 15.1 Å². The van der Waals surface area contributed by atoms with Crippen LogP contribution < -0.4 is 0 Å². The van der Waals surface area contributed by atoms with E-state index in [0.29, 0.717) is 16.3 Å². The van der Waals surface area contributed by atoms with Gasteiger partial charge in [0.25, 0.3) is 0 Å². The molecule has 0 aliphatic carbocycles. The summed E-state index contributed by atoms with van der Waals surface area (Å²) < 4.78 is 4.50. The lowest BCUT2D eigenvalue weighted by molar-refractivity contribution is 0.536. The number of rotatable bonds is 3. The lowest BCUT2D eigenvalue weighted by atomic mass is 10.4. The summed E-state index contributed by atoms with van der Waals surface area (Å²) >= 11 is 11.2. The highest BCUT2D eigenvalue weighted by Crippen LogP contribution is 2.16. The second-order valence-corrected chi connectivity index (χ2v) is 5.21. The predicted octanol–water partition coefficient (Wildman–Crippen LogP) is 2.95. The van der Waals surface area contributed by atoms with Crippen LogP contribution in [0.25, 0.3) is 11.2 Å². The lowest BCUT2D eigenvalue weighted by Gasteiger charge is -2.04. The van der Waals surface area contributed by atoms with Crippen LogP contribution in [0, 0.1) is 11.7 Å². The molecule has 0 amide bonds. The van der Waals surface area contributed by atoms with Gasteiger partial charge in [-0.25, -0.2) is 4.98 Å². The van der Waals surface area contributed by atoms with Crippen LogP contribution in [-0.4, -0.2) is 24.3 Å². The molecule has 0 saturated heterocycles. The van der Waals surface area contributed by atoms with Gasteiger partial charge in [-0.05, 0) is 30.8 Å². The van der Waals surface area contributed by atoms with Crippen LogP contribution in [0.15, 0.2) is 24.7 Å². The van der Waals surface area contributed by atoms with Crippen LogP contribution in [0.5, 0.6) is 0 Å². The van der Waals surface area contributed by atoms with Crippen molar-refractivity contribution in [3.8, 4) is 0 Å². The smallest absolute Gasteiger partial charge is 0.179 e. The maximum Gasteiger partial charge on any atom is 0.179 e. The summed E-state index contributed by atoms with van der Waals surface area (Å²) in [6, 6.07) is 1.83. The first kappa shape index (κ1) is 12.4. The van der Waals surface area contributed by atoms with Crippen LogP contribution in [0.1, 0.15) is 5.56 Å². The number of pyridine rings is 1. The first-order chi connectivity index (χ1) is 9.13. The van der Waals surface area contributed by atoms with Crippen molar-refractivity contribution in [3.63, 3.8) is 0 Å². The molecule has 1 N–H and O–H groups in total. The molecule has 5 nitrogen and oxygen atoms in total. The largest absolute Gasteiger partial charge is 0.329 e. The molecule has 3 heterocycles. The zero-order chi connectivity index (χ0) is 13.4. The minimum absolute atomic E-state index is 0.596. The second kappa shape index (κ2) is 4.79. The van der Waals surface area contributed by atoms with Gasteiger partial charge in [0.1, 0.15) is 0 Å². The van der Waals surface area contributed by atoms with Crippen molar-refractivity contribution in [1.82, 2.24) is 24.3 Å². The molecule has 0 saturated carbocycles. The number of fused-ring (bicyclic) bond motifs is 1. The fourth-order valence-corrected chi connectivity index (χ4v) is 2.46. The minimum atomic E-state index is 0.596. The Labute approximate surface area is 119 Å². The second-order valence-electron chi connectivity index (χ2n) is 4.39. The zero-order valence-electron chi connectivity index (χ0n) is 10.3. The Morgan fingerprint density at radius 2 is 2.21 bits per heavy atom. The lowest BCUT2D eigenvalue weighted by Crippen LogP contribution is -2.08. The van der Waals surface area contributed by atoms with Gasteiger partial charge in [-0.3, -0.25) is 9.25 Å². The Kier molecular flexibility index (Phi) is 3.12. The summed E-state index contributed by atoms with van der Waals surface area (Å²) in [5.41, 5.74) is 2.82. The average Bonchev–Trinajstić information content (AvgIpc) is 2.89. The van der Waals surface area contributed by atoms with Crippen LogP contribution >= 0.6 is 23.8 Å². The number of halogens is 1. The number of nitrogens with one attached hydrogen (secondary N) is 1. The van der Waals surface area contributed by atoms with Crippen LogP contribution in [0.2, 0.25) is 5.02 Å². The summed E-state index contributed by atoms with van der Waals surface area (Å²) in [5.74, 6) is 0. The number of imidazole rings is 1. The van der Waals surface area contributed by atoms with Gasteiger partial charge < -0.3 is 4.98 Å². The molecule has 0 aromatic carbocycles. The number of H-pyrrole nitrogens is 1. The zero-order valence-corrected chi connectivity index (χ0v) is 11.9. The Morgan fingerprint density at radius 1 is 1.37 bits per heavy atom. The Morgan fingerprint density at radius 3 is 2.95 bits per heavy atom. The number of hydrogen-bond donors (Lipinski definition) is 1. The minimum Gasteiger partial charge on any atom is -0.329 e. The van der Waals surface area contributed by atoms with E-state index < -0.39 is 0 Å². The van der Waals surface area contributed by atoms with Gasteiger partial charge in [-0.15, -0.1) is 0 Å². The molecule has 0 radical (unpaired) electrons. The molecule has 0 aliphatic heterocycles. The number of hydrogen-bond acceptors (Lipinski definition) is 3. The molecule has 0 bridgehead atoms. The Hall–Kier alpha value is -1.66. The van der Waals surface area contributed by atoms with E-state index in [1.54, 1.807) is 6.20 Å². The number of aryl methyl sites for hydroxylation is 3. The number of aromatic amines is 1.